The average Bonchev–Trinajstić information content (AvgIpc) is 1.51. The predicted octanol–water partition coefficient (Wildman–Crippen LogP) is 32.9. The van der Waals surface area contributed by atoms with Crippen molar-refractivity contribution in [2.75, 3.05) is 0 Å². The molecule has 8 atom stereocenters. The summed E-state index contributed by atoms with van der Waals surface area (Å²) in [4.78, 5) is 0. The Morgan fingerprint density at radius 3 is 0.667 bits per heavy atom. The zero-order valence-electron chi connectivity index (χ0n) is 77.8. The van der Waals surface area contributed by atoms with E-state index in [0.29, 0.717) is 0 Å². The van der Waals surface area contributed by atoms with Gasteiger partial charge in [-0.25, -0.2) is 0 Å². The summed E-state index contributed by atoms with van der Waals surface area (Å²) in [6.07, 6.45) is 50.2. The van der Waals surface area contributed by atoms with E-state index < -0.39 is 84.7 Å². The van der Waals surface area contributed by atoms with Gasteiger partial charge in [0.1, 0.15) is 0 Å². The van der Waals surface area contributed by atoms with Crippen LogP contribution in [0.4, 0.5) is 0 Å². The first-order valence-electron chi connectivity index (χ1n) is 45.3. The minimum absolute atomic E-state index is 0.0583. The molecular formula is C110H128Cl2Ge2O4Si4Zr. The molecule has 0 bridgehead atoms. The number of allylic oxidation sites excluding steroid dienone is 32. The number of benzene rings is 8. The Balaban J connectivity index is 0.919. The first-order valence-corrected chi connectivity index (χ1v) is 77.9. The van der Waals surface area contributed by atoms with Gasteiger partial charge in [0.05, 0.1) is 0 Å². The van der Waals surface area contributed by atoms with Crippen LogP contribution < -0.4 is 17.7 Å². The second-order valence-electron chi connectivity index (χ2n) is 44.4. The molecule has 5 spiro atoms. The van der Waals surface area contributed by atoms with Crippen LogP contribution in [0.5, 0.6) is 23.0 Å². The van der Waals surface area contributed by atoms with Gasteiger partial charge in [0.25, 0.3) is 0 Å². The molecule has 2 saturated heterocycles. The third-order valence-corrected chi connectivity index (χ3v) is 184. The van der Waals surface area contributed by atoms with Crippen LogP contribution in [-0.2, 0) is 14.9 Å². The van der Waals surface area contributed by atoms with E-state index in [-0.39, 0.29) is 43.8 Å². The minimum atomic E-state index is -7.87. The molecule has 2 heterocycles. The van der Waals surface area contributed by atoms with E-state index >= 15 is 0 Å². The summed E-state index contributed by atoms with van der Waals surface area (Å²) in [5, 5.41) is 9.74. The molecule has 634 valence electrons. The van der Waals surface area contributed by atoms with Crippen molar-refractivity contribution in [2.45, 2.75) is 226 Å². The molecule has 8 aromatic carbocycles. The van der Waals surface area contributed by atoms with Crippen molar-refractivity contribution in [1.29, 1.82) is 0 Å². The fourth-order valence-corrected chi connectivity index (χ4v) is 236. The monoisotopic (exact) mass is 1930 g/mol. The van der Waals surface area contributed by atoms with Gasteiger partial charge in [0.15, 0.2) is 0 Å². The Labute approximate surface area is 752 Å². The van der Waals surface area contributed by atoms with Gasteiger partial charge in [-0.05, 0) is 72.5 Å². The van der Waals surface area contributed by atoms with Gasteiger partial charge >= 0.3 is 605 Å². The Bertz CT molecular complexity index is 5760. The van der Waals surface area contributed by atoms with E-state index in [1.807, 2.05) is 0 Å². The number of rotatable bonds is 12. The number of hydrogen-bond acceptors (Lipinski definition) is 4. The zero-order valence-corrected chi connectivity index (χ0v) is 90.6. The molecule has 8 aromatic rings. The molecule has 4 nitrogen and oxygen atoms in total. The van der Waals surface area contributed by atoms with E-state index in [9.17, 15) is 17.0 Å². The molecule has 2 fully saturated rings. The van der Waals surface area contributed by atoms with Crippen molar-refractivity contribution in [2.24, 2.45) is 0 Å². The van der Waals surface area contributed by atoms with Crippen molar-refractivity contribution >= 4 is 122 Å². The van der Waals surface area contributed by atoms with Gasteiger partial charge in [0.2, 0.25) is 0 Å². The van der Waals surface area contributed by atoms with Crippen LogP contribution in [0.1, 0.15) is 157 Å². The summed E-state index contributed by atoms with van der Waals surface area (Å²) in [6.45, 7) is 56.8. The van der Waals surface area contributed by atoms with Crippen molar-refractivity contribution in [3.05, 3.63) is 356 Å². The van der Waals surface area contributed by atoms with E-state index in [0.717, 1.165) is 23.0 Å². The van der Waals surface area contributed by atoms with Crippen LogP contribution >= 0.6 is 17.0 Å². The van der Waals surface area contributed by atoms with Crippen LogP contribution in [0, 0.1) is 0 Å². The van der Waals surface area contributed by atoms with Crippen LogP contribution in [-0.4, -0.2) is 62.0 Å². The maximum atomic E-state index is 11.9. The molecule has 10 aliphatic rings. The third-order valence-electron chi connectivity index (χ3n) is 34.6. The number of halogens is 2. The van der Waals surface area contributed by atoms with E-state index in [4.69, 9.17) is 17.7 Å². The first kappa shape index (κ1) is 87.0. The van der Waals surface area contributed by atoms with Crippen molar-refractivity contribution in [3.8, 4) is 23.0 Å². The van der Waals surface area contributed by atoms with Crippen LogP contribution in [0.2, 0.25) is 91.9 Å². The van der Waals surface area contributed by atoms with Crippen LogP contribution in [0.3, 0.4) is 0 Å². The molecule has 2 aliphatic heterocycles. The Morgan fingerprint density at radius 2 is 0.472 bits per heavy atom. The summed E-state index contributed by atoms with van der Waals surface area (Å²) in [7, 11) is 15.2. The Hall–Kier alpha value is -6.74. The molecule has 0 aromatic heterocycles. The quantitative estimate of drug-likeness (QED) is 0.114. The van der Waals surface area contributed by atoms with E-state index in [2.05, 4.69) is 442 Å². The fourth-order valence-electron chi connectivity index (χ4n) is 25.7. The van der Waals surface area contributed by atoms with E-state index in [1.165, 1.54) is 132 Å². The first-order chi connectivity index (χ1) is 57.5. The van der Waals surface area contributed by atoms with Gasteiger partial charge in [-0.15, -0.1) is 0 Å². The SMILES string of the molecule is CC1=CC2=C(C=CC=CC2c2ccc3cc(O[Si](C)(C)C(C)(C)C)ccc3c2)[C]12[GeH]([CH3])[C]1(C(C)=CC3=C1C=CC=CC3c1ccc3cc(O[Si](C)(C)C(C)(C)C)ccc3c1)[Zr]21([Cl])([Cl])[C]2(C(C)=CC3=C2C=CC=CC3c2ccc3cc(O[Si](C)(C)C(C)(C)C)ccc3c2)[GeH]([CH3])[C]12C(C)=CC1=C2C=CC=CC1c1ccc2cc(O[Si](C)(C)C(C)(C)C)ccc2c1. The van der Waals surface area contributed by atoms with Gasteiger partial charge in [0, 0.05) is 0 Å². The summed E-state index contributed by atoms with van der Waals surface area (Å²) in [5.41, 5.74) is 21.4. The number of fused-ring (bicyclic) bond motifs is 12. The third kappa shape index (κ3) is 11.3. The van der Waals surface area contributed by atoms with Gasteiger partial charge in [-0.3, -0.25) is 0 Å². The predicted molar refractivity (Wildman–Crippen MR) is 543 cm³/mol. The second kappa shape index (κ2) is 28.4. The molecule has 0 N–H and O–H groups in total. The Kier molecular flexibility index (Phi) is 20.1. The van der Waals surface area contributed by atoms with Crippen LogP contribution in [0.25, 0.3) is 43.1 Å². The fraction of sp³-hybridized carbons (Fsp3) is 0.345. The maximum absolute atomic E-state index is 11.9. The standard InChI is InChI=1S/2C55H64GeO2Si2.2ClH.Zr/c2*1-36-30-50-46(42-24-22-40-34-44(28-26-38(40)32-42)57-59(10,11)54(3,4)5)18-14-16-20-48(50)52(36)56(9)53-37(2)31-51-47(19-15-17-21-49(51)53)43-25-23-41-35-45(29-27-39(41)33-43)58-60(12,13)55(6,7)8;;;/h2*14-35,46-47,56H,1-13H3;2*1H;/q;;;;+2/p-2. The van der Waals surface area contributed by atoms with Crippen LogP contribution in [0.15, 0.2) is 334 Å². The topological polar surface area (TPSA) is 36.9 Å². The van der Waals surface area contributed by atoms with E-state index in [1.54, 1.807) is 0 Å². The summed E-state index contributed by atoms with van der Waals surface area (Å²) in [5.74, 6) is 8.97. The molecule has 8 aliphatic carbocycles. The summed E-state index contributed by atoms with van der Waals surface area (Å²) >= 11 is -15.1. The summed E-state index contributed by atoms with van der Waals surface area (Å²) < 4.78 is 25.1. The molecule has 0 amide bonds. The zero-order chi connectivity index (χ0) is 88.0. The molecular weight excluding hydrogens is 1800 g/mol. The molecule has 13 heteroatoms. The van der Waals surface area contributed by atoms with Crippen molar-refractivity contribution < 1.29 is 32.6 Å². The van der Waals surface area contributed by atoms with Gasteiger partial charge in [-0.1, -0.05) is 83.1 Å². The normalized spacial score (nSPS) is 27.9. The molecule has 18 rings (SSSR count). The van der Waals surface area contributed by atoms with Crippen molar-refractivity contribution in [1.82, 2.24) is 0 Å². The number of hydrogen-bond donors (Lipinski definition) is 0. The molecule has 0 saturated carbocycles. The summed E-state index contributed by atoms with van der Waals surface area (Å²) in [6, 6.07) is 56.2. The van der Waals surface area contributed by atoms with Gasteiger partial charge in [-0.2, -0.15) is 0 Å². The second-order valence-corrected chi connectivity index (χ2v) is 116. The van der Waals surface area contributed by atoms with Gasteiger partial charge < -0.3 is 0 Å². The Morgan fingerprint density at radius 1 is 0.285 bits per heavy atom. The van der Waals surface area contributed by atoms with Crippen molar-refractivity contribution in [3.63, 3.8) is 0 Å². The average molecular weight is 1930 g/mol. The molecule has 123 heavy (non-hydrogen) atoms. The molecule has 8 unspecified atom stereocenters. The molecule has 0 radical (unpaired) electrons.